The van der Waals surface area contributed by atoms with E-state index in [1.165, 1.54) is 0 Å². The summed E-state index contributed by atoms with van der Waals surface area (Å²) in [6, 6.07) is 19.8. The minimum atomic E-state index is -0.0923. The van der Waals surface area contributed by atoms with Crippen molar-refractivity contribution in [3.05, 3.63) is 71.2 Å². The maximum atomic E-state index is 9.55. The molecule has 0 saturated heterocycles. The Morgan fingerprint density at radius 3 is 2.32 bits per heavy atom. The van der Waals surface area contributed by atoms with E-state index < -0.39 is 0 Å². The molecular weight excluding hydrogens is 294 g/mol. The van der Waals surface area contributed by atoms with Gasteiger partial charge in [0, 0.05) is 5.56 Å². The van der Waals surface area contributed by atoms with Gasteiger partial charge >= 0.3 is 0 Å². The van der Waals surface area contributed by atoms with Crippen molar-refractivity contribution in [3.8, 4) is 10.6 Å². The first-order valence-corrected chi connectivity index (χ1v) is 7.95. The van der Waals surface area contributed by atoms with Crippen molar-refractivity contribution >= 4 is 11.3 Å². The van der Waals surface area contributed by atoms with Crippen LogP contribution in [0.4, 0.5) is 0 Å². The van der Waals surface area contributed by atoms with Crippen molar-refractivity contribution in [2.24, 2.45) is 0 Å². The highest BCUT2D eigenvalue weighted by molar-refractivity contribution is 7.14. The summed E-state index contributed by atoms with van der Waals surface area (Å²) in [5.74, 6) is 0. The minimum absolute atomic E-state index is 0.0500. The summed E-state index contributed by atoms with van der Waals surface area (Å²) in [5.41, 5.74) is 2.14. The van der Waals surface area contributed by atoms with Crippen molar-refractivity contribution in [2.75, 3.05) is 6.61 Å². The van der Waals surface area contributed by atoms with Gasteiger partial charge in [-0.25, -0.2) is 0 Å². The fourth-order valence-corrected chi connectivity index (χ4v) is 3.00. The Morgan fingerprint density at radius 2 is 1.64 bits per heavy atom. The van der Waals surface area contributed by atoms with E-state index in [0.717, 1.165) is 21.1 Å². The van der Waals surface area contributed by atoms with E-state index in [1.807, 2.05) is 60.7 Å². The van der Waals surface area contributed by atoms with Gasteiger partial charge in [0.2, 0.25) is 0 Å². The van der Waals surface area contributed by atoms with Crippen molar-refractivity contribution < 1.29 is 5.11 Å². The predicted octanol–water partition coefficient (Wildman–Crippen LogP) is 3.03. The van der Waals surface area contributed by atoms with Gasteiger partial charge in [-0.1, -0.05) is 72.0 Å². The van der Waals surface area contributed by atoms with E-state index in [2.05, 4.69) is 15.5 Å². The maximum Gasteiger partial charge on any atom is 0.147 e. The third-order valence-corrected chi connectivity index (χ3v) is 4.34. The molecule has 2 aromatic carbocycles. The number of nitrogens with one attached hydrogen (secondary N) is 1. The first-order valence-electron chi connectivity index (χ1n) is 7.14. The highest BCUT2D eigenvalue weighted by Crippen LogP contribution is 2.23. The normalized spacial score (nSPS) is 12.2. The Labute approximate surface area is 133 Å². The molecule has 0 spiro atoms. The van der Waals surface area contributed by atoms with Gasteiger partial charge in [0.15, 0.2) is 0 Å². The summed E-state index contributed by atoms with van der Waals surface area (Å²) >= 11 is 1.57. The lowest BCUT2D eigenvalue weighted by atomic mass is 10.1. The second-order valence-corrected chi connectivity index (χ2v) is 5.96. The minimum Gasteiger partial charge on any atom is -0.394 e. The molecule has 5 heteroatoms. The topological polar surface area (TPSA) is 58.0 Å². The zero-order valence-corrected chi connectivity index (χ0v) is 12.8. The van der Waals surface area contributed by atoms with Crippen LogP contribution in [0.5, 0.6) is 0 Å². The highest BCUT2D eigenvalue weighted by atomic mass is 32.1. The molecule has 1 heterocycles. The molecular formula is C17H17N3OS. The molecule has 3 aromatic rings. The number of hydrogen-bond acceptors (Lipinski definition) is 5. The van der Waals surface area contributed by atoms with E-state index >= 15 is 0 Å². The number of hydrogen-bond donors (Lipinski definition) is 2. The molecule has 0 aliphatic heterocycles. The number of aliphatic hydroxyl groups is 1. The van der Waals surface area contributed by atoms with Gasteiger partial charge in [0.25, 0.3) is 0 Å². The number of benzene rings is 2. The van der Waals surface area contributed by atoms with Crippen LogP contribution in [0.1, 0.15) is 16.6 Å². The van der Waals surface area contributed by atoms with Crippen LogP contribution < -0.4 is 5.32 Å². The van der Waals surface area contributed by atoms with Crippen molar-refractivity contribution in [1.29, 1.82) is 0 Å². The smallest absolute Gasteiger partial charge is 0.147 e. The Bertz CT molecular complexity index is 700. The van der Waals surface area contributed by atoms with E-state index in [4.69, 9.17) is 0 Å². The fraction of sp³-hybridized carbons (Fsp3) is 0.176. The van der Waals surface area contributed by atoms with Crippen LogP contribution in [-0.4, -0.2) is 21.9 Å². The lowest BCUT2D eigenvalue weighted by Crippen LogP contribution is -2.23. The first-order chi connectivity index (χ1) is 10.9. The van der Waals surface area contributed by atoms with Gasteiger partial charge in [0.05, 0.1) is 19.2 Å². The lowest BCUT2D eigenvalue weighted by Gasteiger charge is -2.15. The van der Waals surface area contributed by atoms with Crippen LogP contribution in [-0.2, 0) is 6.54 Å². The molecule has 22 heavy (non-hydrogen) atoms. The summed E-state index contributed by atoms with van der Waals surface area (Å²) in [5, 5.41) is 23.1. The van der Waals surface area contributed by atoms with E-state index in [-0.39, 0.29) is 12.6 Å². The molecule has 0 aliphatic rings. The van der Waals surface area contributed by atoms with Crippen molar-refractivity contribution in [3.63, 3.8) is 0 Å². The number of nitrogens with zero attached hydrogens (tertiary/aromatic N) is 2. The second-order valence-electron chi connectivity index (χ2n) is 4.89. The van der Waals surface area contributed by atoms with Crippen LogP contribution in [0, 0.1) is 0 Å². The maximum absolute atomic E-state index is 9.55. The molecule has 1 aromatic heterocycles. The van der Waals surface area contributed by atoms with E-state index in [0.29, 0.717) is 6.54 Å². The average molecular weight is 311 g/mol. The van der Waals surface area contributed by atoms with Crippen LogP contribution in [0.3, 0.4) is 0 Å². The van der Waals surface area contributed by atoms with Crippen molar-refractivity contribution in [2.45, 2.75) is 12.6 Å². The predicted molar refractivity (Wildman–Crippen MR) is 88.5 cm³/mol. The molecule has 0 aliphatic carbocycles. The molecule has 0 fully saturated rings. The monoisotopic (exact) mass is 311 g/mol. The van der Waals surface area contributed by atoms with Gasteiger partial charge in [0.1, 0.15) is 10.0 Å². The Hall–Kier alpha value is -2.08. The third kappa shape index (κ3) is 3.57. The molecule has 1 unspecified atom stereocenters. The molecule has 0 amide bonds. The zero-order valence-electron chi connectivity index (χ0n) is 12.0. The summed E-state index contributed by atoms with van der Waals surface area (Å²) < 4.78 is 0. The largest absolute Gasteiger partial charge is 0.394 e. The van der Waals surface area contributed by atoms with Gasteiger partial charge in [-0.05, 0) is 5.56 Å². The van der Waals surface area contributed by atoms with Crippen LogP contribution >= 0.6 is 11.3 Å². The summed E-state index contributed by atoms with van der Waals surface area (Å²) in [7, 11) is 0. The lowest BCUT2D eigenvalue weighted by molar-refractivity contribution is 0.243. The molecule has 0 radical (unpaired) electrons. The van der Waals surface area contributed by atoms with Gasteiger partial charge in [-0.3, -0.25) is 0 Å². The third-order valence-electron chi connectivity index (χ3n) is 3.37. The van der Waals surface area contributed by atoms with Crippen LogP contribution in [0.15, 0.2) is 60.7 Å². The summed E-state index contributed by atoms with van der Waals surface area (Å²) in [6.07, 6.45) is 0. The molecule has 2 N–H and O–H groups in total. The number of aliphatic hydroxyl groups excluding tert-OH is 1. The standard InChI is InChI=1S/C17H17N3OS/c21-12-15(13-7-3-1-4-8-13)18-11-16-19-20-17(22-16)14-9-5-2-6-10-14/h1-10,15,18,21H,11-12H2. The average Bonchev–Trinajstić information content (AvgIpc) is 3.06. The quantitative estimate of drug-likeness (QED) is 0.734. The zero-order chi connectivity index (χ0) is 15.2. The SMILES string of the molecule is OCC(NCc1nnc(-c2ccccc2)s1)c1ccccc1. The molecule has 4 nitrogen and oxygen atoms in total. The summed E-state index contributed by atoms with van der Waals surface area (Å²) in [4.78, 5) is 0. The molecule has 0 bridgehead atoms. The fourth-order valence-electron chi connectivity index (χ4n) is 2.21. The molecule has 1 atom stereocenters. The van der Waals surface area contributed by atoms with Crippen molar-refractivity contribution in [1.82, 2.24) is 15.5 Å². The number of aromatic nitrogens is 2. The van der Waals surface area contributed by atoms with Gasteiger partial charge in [-0.15, -0.1) is 10.2 Å². The molecule has 112 valence electrons. The second kappa shape index (κ2) is 7.26. The van der Waals surface area contributed by atoms with E-state index in [9.17, 15) is 5.11 Å². The molecule has 0 saturated carbocycles. The number of rotatable bonds is 6. The molecule has 3 rings (SSSR count). The van der Waals surface area contributed by atoms with Crippen LogP contribution in [0.2, 0.25) is 0 Å². The Kier molecular flexibility index (Phi) is 4.90. The Balaban J connectivity index is 1.65. The van der Waals surface area contributed by atoms with Crippen LogP contribution in [0.25, 0.3) is 10.6 Å². The van der Waals surface area contributed by atoms with Gasteiger partial charge < -0.3 is 10.4 Å². The first kappa shape index (κ1) is 14.8. The highest BCUT2D eigenvalue weighted by Gasteiger charge is 2.11. The summed E-state index contributed by atoms with van der Waals surface area (Å²) in [6.45, 7) is 0.638. The van der Waals surface area contributed by atoms with Gasteiger partial charge in [-0.2, -0.15) is 0 Å². The Morgan fingerprint density at radius 1 is 0.955 bits per heavy atom. The van der Waals surface area contributed by atoms with E-state index in [1.54, 1.807) is 11.3 Å².